The monoisotopic (exact) mass is 273 g/mol. The number of hydrogen-bond donors (Lipinski definition) is 1. The molecule has 1 fully saturated rings. The first kappa shape index (κ1) is 15.2. The smallest absolute Gasteiger partial charge is 0.179 e. The molecule has 0 radical (unpaired) electrons. The van der Waals surface area contributed by atoms with E-state index >= 15 is 0 Å². The molecule has 0 amide bonds. The summed E-state index contributed by atoms with van der Waals surface area (Å²) in [6, 6.07) is 6.41. The number of Topliss-reactive ketones (excluding diaryl/α,β-unsaturated/α-hetero) is 1. The normalized spacial score (nSPS) is 24.4. The zero-order valence-corrected chi connectivity index (χ0v) is 13.2. The van der Waals surface area contributed by atoms with Gasteiger partial charge in [0.1, 0.15) is 0 Å². The van der Waals surface area contributed by atoms with Crippen molar-refractivity contribution in [3.05, 3.63) is 34.9 Å². The molecule has 0 bridgehead atoms. The van der Waals surface area contributed by atoms with Gasteiger partial charge in [-0.2, -0.15) is 0 Å². The minimum absolute atomic E-state index is 0.0948. The van der Waals surface area contributed by atoms with E-state index in [1.54, 1.807) is 0 Å². The van der Waals surface area contributed by atoms with Gasteiger partial charge in [-0.05, 0) is 56.7 Å². The minimum atomic E-state index is -0.0948. The molecule has 1 aliphatic carbocycles. The van der Waals surface area contributed by atoms with Crippen molar-refractivity contribution in [2.24, 2.45) is 5.92 Å². The second kappa shape index (κ2) is 6.53. The van der Waals surface area contributed by atoms with Crippen molar-refractivity contribution in [1.82, 2.24) is 5.32 Å². The second-order valence-corrected chi connectivity index (χ2v) is 6.42. The SMILES string of the molecule is Cc1ccc(C(=O)C(C)NC2CCCCC2C)cc1C. The van der Waals surface area contributed by atoms with Crippen LogP contribution in [0, 0.1) is 19.8 Å². The summed E-state index contributed by atoms with van der Waals surface area (Å²) >= 11 is 0. The number of aryl methyl sites for hydroxylation is 2. The molecule has 1 aliphatic rings. The van der Waals surface area contributed by atoms with Crippen LogP contribution in [0.25, 0.3) is 0 Å². The van der Waals surface area contributed by atoms with Crippen LogP contribution in [0.3, 0.4) is 0 Å². The van der Waals surface area contributed by atoms with Gasteiger partial charge in [0.05, 0.1) is 6.04 Å². The van der Waals surface area contributed by atoms with E-state index in [2.05, 4.69) is 26.1 Å². The van der Waals surface area contributed by atoms with Gasteiger partial charge in [-0.3, -0.25) is 4.79 Å². The summed E-state index contributed by atoms with van der Waals surface area (Å²) < 4.78 is 0. The molecule has 3 atom stereocenters. The summed E-state index contributed by atoms with van der Waals surface area (Å²) in [4.78, 5) is 12.5. The number of nitrogens with one attached hydrogen (secondary N) is 1. The highest BCUT2D eigenvalue weighted by Gasteiger charge is 2.25. The molecule has 2 nitrogen and oxygen atoms in total. The third-order valence-electron chi connectivity index (χ3n) is 4.76. The van der Waals surface area contributed by atoms with Gasteiger partial charge in [-0.25, -0.2) is 0 Å². The van der Waals surface area contributed by atoms with Crippen molar-refractivity contribution in [3.63, 3.8) is 0 Å². The van der Waals surface area contributed by atoms with Gasteiger partial charge in [0, 0.05) is 11.6 Å². The molecule has 0 aromatic heterocycles. The van der Waals surface area contributed by atoms with Crippen molar-refractivity contribution < 1.29 is 4.79 Å². The van der Waals surface area contributed by atoms with Gasteiger partial charge in [-0.15, -0.1) is 0 Å². The highest BCUT2D eigenvalue weighted by atomic mass is 16.1. The number of benzene rings is 1. The fourth-order valence-corrected chi connectivity index (χ4v) is 3.11. The number of carbonyl (C=O) groups excluding carboxylic acids is 1. The van der Waals surface area contributed by atoms with Crippen LogP contribution in [-0.2, 0) is 0 Å². The van der Waals surface area contributed by atoms with Gasteiger partial charge < -0.3 is 5.32 Å². The highest BCUT2D eigenvalue weighted by molar-refractivity contribution is 6.00. The largest absolute Gasteiger partial charge is 0.304 e. The van der Waals surface area contributed by atoms with Crippen LogP contribution in [0.5, 0.6) is 0 Å². The molecule has 1 saturated carbocycles. The Morgan fingerprint density at radius 1 is 1.20 bits per heavy atom. The van der Waals surface area contributed by atoms with E-state index in [0.29, 0.717) is 12.0 Å². The first-order valence-corrected chi connectivity index (χ1v) is 7.86. The molecule has 2 heteroatoms. The summed E-state index contributed by atoms with van der Waals surface area (Å²) in [6.07, 6.45) is 5.10. The summed E-state index contributed by atoms with van der Waals surface area (Å²) in [5.74, 6) is 0.893. The molecule has 0 spiro atoms. The fourth-order valence-electron chi connectivity index (χ4n) is 3.11. The molecular formula is C18H27NO. The van der Waals surface area contributed by atoms with Crippen molar-refractivity contribution in [1.29, 1.82) is 0 Å². The highest BCUT2D eigenvalue weighted by Crippen LogP contribution is 2.24. The first-order chi connectivity index (χ1) is 9.49. The standard InChI is InChI=1S/C18H27NO/c1-12-9-10-16(11-14(12)3)18(20)15(4)19-17-8-6-5-7-13(17)2/h9-11,13,15,17,19H,5-8H2,1-4H3. The Balaban J connectivity index is 2.02. The maximum atomic E-state index is 12.5. The Labute approximate surface area is 123 Å². The Morgan fingerprint density at radius 3 is 2.55 bits per heavy atom. The fraction of sp³-hybridized carbons (Fsp3) is 0.611. The van der Waals surface area contributed by atoms with Crippen molar-refractivity contribution in [2.45, 2.75) is 65.5 Å². The molecule has 1 aromatic rings. The van der Waals surface area contributed by atoms with Gasteiger partial charge >= 0.3 is 0 Å². The van der Waals surface area contributed by atoms with E-state index in [1.807, 2.05) is 25.1 Å². The van der Waals surface area contributed by atoms with E-state index in [9.17, 15) is 4.79 Å². The lowest BCUT2D eigenvalue weighted by Crippen LogP contribution is -2.45. The third-order valence-corrected chi connectivity index (χ3v) is 4.76. The molecule has 0 heterocycles. The van der Waals surface area contributed by atoms with E-state index < -0.39 is 0 Å². The topological polar surface area (TPSA) is 29.1 Å². The average Bonchev–Trinajstić information content (AvgIpc) is 2.43. The van der Waals surface area contributed by atoms with Crippen LogP contribution in [0.4, 0.5) is 0 Å². The molecule has 3 unspecified atom stereocenters. The zero-order valence-electron chi connectivity index (χ0n) is 13.2. The predicted octanol–water partition coefficient (Wildman–Crippen LogP) is 4.04. The first-order valence-electron chi connectivity index (χ1n) is 7.86. The lowest BCUT2D eigenvalue weighted by molar-refractivity contribution is 0.0932. The molecule has 0 aliphatic heterocycles. The maximum absolute atomic E-state index is 12.5. The molecule has 110 valence electrons. The number of ketones is 1. The van der Waals surface area contributed by atoms with Crippen LogP contribution in [0.2, 0.25) is 0 Å². The molecule has 2 rings (SSSR count). The van der Waals surface area contributed by atoms with Crippen molar-refractivity contribution >= 4 is 5.78 Å². The van der Waals surface area contributed by atoms with Crippen LogP contribution in [0.1, 0.15) is 61.0 Å². The van der Waals surface area contributed by atoms with Crippen LogP contribution in [0.15, 0.2) is 18.2 Å². The molecule has 0 saturated heterocycles. The van der Waals surface area contributed by atoms with Gasteiger partial charge in [0.2, 0.25) is 0 Å². The Bertz CT molecular complexity index is 480. The molecule has 20 heavy (non-hydrogen) atoms. The van der Waals surface area contributed by atoms with E-state index in [0.717, 1.165) is 5.56 Å². The number of carbonyl (C=O) groups is 1. The van der Waals surface area contributed by atoms with Gasteiger partial charge in [0.15, 0.2) is 5.78 Å². The average molecular weight is 273 g/mol. The van der Waals surface area contributed by atoms with Gasteiger partial charge in [0.25, 0.3) is 0 Å². The van der Waals surface area contributed by atoms with Crippen LogP contribution in [-0.4, -0.2) is 17.9 Å². The quantitative estimate of drug-likeness (QED) is 0.839. The maximum Gasteiger partial charge on any atom is 0.179 e. The Kier molecular flexibility index (Phi) is 4.98. The summed E-state index contributed by atoms with van der Waals surface area (Å²) in [5, 5.41) is 3.55. The third kappa shape index (κ3) is 3.49. The molecular weight excluding hydrogens is 246 g/mol. The van der Waals surface area contributed by atoms with Crippen LogP contribution < -0.4 is 5.32 Å². The number of rotatable bonds is 4. The molecule has 1 N–H and O–H groups in total. The lowest BCUT2D eigenvalue weighted by atomic mass is 9.85. The van der Waals surface area contributed by atoms with E-state index in [4.69, 9.17) is 0 Å². The van der Waals surface area contributed by atoms with Gasteiger partial charge in [-0.1, -0.05) is 31.9 Å². The second-order valence-electron chi connectivity index (χ2n) is 6.42. The lowest BCUT2D eigenvalue weighted by Gasteiger charge is -2.31. The zero-order chi connectivity index (χ0) is 14.7. The van der Waals surface area contributed by atoms with Crippen molar-refractivity contribution in [3.8, 4) is 0 Å². The van der Waals surface area contributed by atoms with Crippen LogP contribution >= 0.6 is 0 Å². The Hall–Kier alpha value is -1.15. The van der Waals surface area contributed by atoms with E-state index in [-0.39, 0.29) is 11.8 Å². The predicted molar refractivity (Wildman–Crippen MR) is 84.3 cm³/mol. The molecule has 1 aromatic carbocycles. The Morgan fingerprint density at radius 2 is 1.90 bits per heavy atom. The van der Waals surface area contributed by atoms with Crippen molar-refractivity contribution in [2.75, 3.05) is 0 Å². The summed E-state index contributed by atoms with van der Waals surface area (Å²) in [5.41, 5.74) is 3.26. The number of hydrogen-bond acceptors (Lipinski definition) is 2. The van der Waals surface area contributed by atoms with E-state index in [1.165, 1.54) is 36.8 Å². The summed E-state index contributed by atoms with van der Waals surface area (Å²) in [7, 11) is 0. The minimum Gasteiger partial charge on any atom is -0.304 e. The summed E-state index contributed by atoms with van der Waals surface area (Å²) in [6.45, 7) is 8.44.